The van der Waals surface area contributed by atoms with Crippen LogP contribution in [-0.2, 0) is 13.2 Å². The first-order valence-electron chi connectivity index (χ1n) is 9.27. The standard InChI is InChI=1S/C23H25N3O2/c1-26(2)22(23-10-5-11-27-23)16-25-15-19-7-4-9-21(13-19)28-17-20-8-3-6-18(12-20)14-24/h3-13,22,25H,15-17H2,1-2H3. The van der Waals surface area contributed by atoms with E-state index in [9.17, 15) is 0 Å². The molecule has 3 rings (SSSR count). The minimum absolute atomic E-state index is 0.182. The highest BCUT2D eigenvalue weighted by atomic mass is 16.5. The molecule has 2 aromatic carbocycles. The Kier molecular flexibility index (Phi) is 6.85. The topological polar surface area (TPSA) is 61.4 Å². The predicted octanol–water partition coefficient (Wildman–Crippen LogP) is 4.12. The van der Waals surface area contributed by atoms with Crippen LogP contribution in [0.4, 0.5) is 0 Å². The molecule has 1 heterocycles. The zero-order chi connectivity index (χ0) is 19.8. The first-order valence-corrected chi connectivity index (χ1v) is 9.27. The molecule has 144 valence electrons. The van der Waals surface area contributed by atoms with Gasteiger partial charge in [-0.15, -0.1) is 0 Å². The van der Waals surface area contributed by atoms with Crippen molar-refractivity contribution in [1.29, 1.82) is 5.26 Å². The normalized spacial score (nSPS) is 11.9. The molecule has 0 aliphatic rings. The summed E-state index contributed by atoms with van der Waals surface area (Å²) < 4.78 is 11.4. The molecule has 3 aromatic rings. The van der Waals surface area contributed by atoms with Crippen LogP contribution in [0.1, 0.15) is 28.5 Å². The van der Waals surface area contributed by atoms with Gasteiger partial charge in [0.15, 0.2) is 0 Å². The molecule has 1 unspecified atom stereocenters. The fourth-order valence-electron chi connectivity index (χ4n) is 3.01. The first kappa shape index (κ1) is 19.7. The molecule has 0 spiro atoms. The van der Waals surface area contributed by atoms with Crippen molar-refractivity contribution in [3.05, 3.63) is 89.4 Å². The zero-order valence-electron chi connectivity index (χ0n) is 16.3. The maximum absolute atomic E-state index is 8.99. The van der Waals surface area contributed by atoms with Crippen molar-refractivity contribution in [2.45, 2.75) is 19.2 Å². The Balaban J connectivity index is 1.53. The highest BCUT2D eigenvalue weighted by Crippen LogP contribution is 2.19. The van der Waals surface area contributed by atoms with Gasteiger partial charge in [0.25, 0.3) is 0 Å². The van der Waals surface area contributed by atoms with Crippen LogP contribution in [-0.4, -0.2) is 25.5 Å². The maximum atomic E-state index is 8.99. The van der Waals surface area contributed by atoms with Gasteiger partial charge in [0.2, 0.25) is 0 Å². The molecule has 0 saturated carbocycles. The van der Waals surface area contributed by atoms with Gasteiger partial charge in [-0.2, -0.15) is 5.26 Å². The zero-order valence-corrected chi connectivity index (χ0v) is 16.3. The highest BCUT2D eigenvalue weighted by Gasteiger charge is 2.16. The van der Waals surface area contributed by atoms with E-state index in [4.69, 9.17) is 14.4 Å². The highest BCUT2D eigenvalue weighted by molar-refractivity contribution is 5.33. The fraction of sp³-hybridized carbons (Fsp3) is 0.261. The van der Waals surface area contributed by atoms with E-state index in [0.717, 1.165) is 35.7 Å². The lowest BCUT2D eigenvalue weighted by molar-refractivity contribution is 0.250. The average molecular weight is 375 g/mol. The Bertz CT molecular complexity index is 914. The van der Waals surface area contributed by atoms with E-state index in [1.165, 1.54) is 0 Å². The van der Waals surface area contributed by atoms with Crippen molar-refractivity contribution in [2.75, 3.05) is 20.6 Å². The van der Waals surface area contributed by atoms with Crippen molar-refractivity contribution in [1.82, 2.24) is 10.2 Å². The van der Waals surface area contributed by atoms with Crippen LogP contribution in [0.3, 0.4) is 0 Å². The van der Waals surface area contributed by atoms with E-state index in [-0.39, 0.29) is 6.04 Å². The predicted molar refractivity (Wildman–Crippen MR) is 109 cm³/mol. The quantitative estimate of drug-likeness (QED) is 0.609. The summed E-state index contributed by atoms with van der Waals surface area (Å²) in [7, 11) is 4.09. The average Bonchev–Trinajstić information content (AvgIpc) is 3.24. The first-order chi connectivity index (χ1) is 13.7. The molecule has 28 heavy (non-hydrogen) atoms. The van der Waals surface area contributed by atoms with Gasteiger partial charge in [-0.05, 0) is 61.6 Å². The van der Waals surface area contributed by atoms with E-state index in [1.54, 1.807) is 12.3 Å². The second-order valence-electron chi connectivity index (χ2n) is 6.87. The van der Waals surface area contributed by atoms with Gasteiger partial charge >= 0.3 is 0 Å². The Morgan fingerprint density at radius 1 is 1.07 bits per heavy atom. The number of likely N-dealkylation sites (N-methyl/N-ethyl adjacent to an activating group) is 1. The number of rotatable bonds is 9. The van der Waals surface area contributed by atoms with Crippen LogP contribution in [0.2, 0.25) is 0 Å². The van der Waals surface area contributed by atoms with Gasteiger partial charge in [0.1, 0.15) is 18.1 Å². The molecule has 1 atom stereocenters. The third-order valence-corrected chi connectivity index (χ3v) is 4.52. The summed E-state index contributed by atoms with van der Waals surface area (Å²) in [5.41, 5.74) is 2.78. The lowest BCUT2D eigenvalue weighted by atomic mass is 10.1. The number of hydrogen-bond acceptors (Lipinski definition) is 5. The molecule has 0 fully saturated rings. The van der Waals surface area contributed by atoms with Crippen LogP contribution in [0.15, 0.2) is 71.3 Å². The van der Waals surface area contributed by atoms with E-state index in [1.807, 2.05) is 62.6 Å². The van der Waals surface area contributed by atoms with Crippen LogP contribution in [0.5, 0.6) is 5.75 Å². The minimum Gasteiger partial charge on any atom is -0.489 e. The number of nitriles is 1. The van der Waals surface area contributed by atoms with Crippen molar-refractivity contribution in [2.24, 2.45) is 0 Å². The van der Waals surface area contributed by atoms with Crippen molar-refractivity contribution in [3.63, 3.8) is 0 Å². The van der Waals surface area contributed by atoms with Gasteiger partial charge in [0.05, 0.1) is 23.9 Å². The number of nitrogens with one attached hydrogen (secondary N) is 1. The Morgan fingerprint density at radius 2 is 1.89 bits per heavy atom. The summed E-state index contributed by atoms with van der Waals surface area (Å²) in [4.78, 5) is 2.14. The molecule has 0 aliphatic carbocycles. The molecular weight excluding hydrogens is 350 g/mol. The molecule has 0 aliphatic heterocycles. The summed E-state index contributed by atoms with van der Waals surface area (Å²) in [6.07, 6.45) is 1.71. The second kappa shape index (κ2) is 9.75. The van der Waals surface area contributed by atoms with Gasteiger partial charge in [-0.25, -0.2) is 0 Å². The SMILES string of the molecule is CN(C)C(CNCc1cccc(OCc2cccc(C#N)c2)c1)c1ccco1. The fourth-order valence-corrected chi connectivity index (χ4v) is 3.01. The molecule has 0 saturated heterocycles. The largest absolute Gasteiger partial charge is 0.489 e. The molecular formula is C23H25N3O2. The third-order valence-electron chi connectivity index (χ3n) is 4.52. The number of nitrogens with zero attached hydrogens (tertiary/aromatic N) is 2. The van der Waals surface area contributed by atoms with Crippen LogP contribution < -0.4 is 10.1 Å². The van der Waals surface area contributed by atoms with Crippen molar-refractivity contribution < 1.29 is 9.15 Å². The van der Waals surface area contributed by atoms with Gasteiger partial charge in [-0.1, -0.05) is 24.3 Å². The Morgan fingerprint density at radius 3 is 2.64 bits per heavy atom. The Labute approximate surface area is 166 Å². The van der Waals surface area contributed by atoms with Crippen LogP contribution in [0, 0.1) is 11.3 Å². The summed E-state index contributed by atoms with van der Waals surface area (Å²) in [5.74, 6) is 1.77. The van der Waals surface area contributed by atoms with Crippen LogP contribution >= 0.6 is 0 Å². The molecule has 1 aromatic heterocycles. The minimum atomic E-state index is 0.182. The number of benzene rings is 2. The maximum Gasteiger partial charge on any atom is 0.122 e. The number of hydrogen-bond donors (Lipinski definition) is 1. The number of ether oxygens (including phenoxy) is 1. The van der Waals surface area contributed by atoms with Crippen LogP contribution in [0.25, 0.3) is 0 Å². The third kappa shape index (κ3) is 5.46. The molecule has 0 bridgehead atoms. The molecule has 5 nitrogen and oxygen atoms in total. The molecule has 1 N–H and O–H groups in total. The summed E-state index contributed by atoms with van der Waals surface area (Å²) in [6, 6.07) is 21.8. The summed E-state index contributed by atoms with van der Waals surface area (Å²) in [6.45, 7) is 1.96. The van der Waals surface area contributed by atoms with Gasteiger partial charge < -0.3 is 14.5 Å². The van der Waals surface area contributed by atoms with Gasteiger partial charge in [-0.3, -0.25) is 4.90 Å². The Hall–Kier alpha value is -3.07. The second-order valence-corrected chi connectivity index (χ2v) is 6.87. The molecule has 0 radical (unpaired) electrons. The monoisotopic (exact) mass is 375 g/mol. The number of furan rings is 1. The van der Waals surface area contributed by atoms with Crippen molar-refractivity contribution in [3.8, 4) is 11.8 Å². The molecule has 0 amide bonds. The summed E-state index contributed by atoms with van der Waals surface area (Å²) >= 11 is 0. The van der Waals surface area contributed by atoms with E-state index in [0.29, 0.717) is 12.2 Å². The lowest BCUT2D eigenvalue weighted by Gasteiger charge is -2.22. The van der Waals surface area contributed by atoms with E-state index < -0.39 is 0 Å². The van der Waals surface area contributed by atoms with E-state index >= 15 is 0 Å². The molecule has 5 heteroatoms. The van der Waals surface area contributed by atoms with E-state index in [2.05, 4.69) is 22.4 Å². The smallest absolute Gasteiger partial charge is 0.122 e. The van der Waals surface area contributed by atoms with Gasteiger partial charge in [0, 0.05) is 13.1 Å². The summed E-state index contributed by atoms with van der Waals surface area (Å²) in [5, 5.41) is 12.5. The lowest BCUT2D eigenvalue weighted by Crippen LogP contribution is -2.30. The van der Waals surface area contributed by atoms with Crippen molar-refractivity contribution >= 4 is 0 Å².